The van der Waals surface area contributed by atoms with E-state index in [9.17, 15) is 9.59 Å². The van der Waals surface area contributed by atoms with Gasteiger partial charge in [-0.2, -0.15) is 0 Å². The molecule has 1 aliphatic heterocycles. The lowest BCUT2D eigenvalue weighted by molar-refractivity contribution is 0.0736. The Balaban J connectivity index is 1.75. The van der Waals surface area contributed by atoms with E-state index in [2.05, 4.69) is 15.0 Å². The molecular weight excluding hydrogens is 314 g/mol. The number of rotatable bonds is 2. The quantitative estimate of drug-likeness (QED) is 0.918. The molecule has 0 saturated heterocycles. The molecule has 120 valence electrons. The van der Waals surface area contributed by atoms with Crippen LogP contribution in [0.4, 0.5) is 9.93 Å². The fourth-order valence-corrected chi connectivity index (χ4v) is 3.53. The first-order valence-corrected chi connectivity index (χ1v) is 8.08. The first kappa shape index (κ1) is 15.5. The predicted molar refractivity (Wildman–Crippen MR) is 87.8 cm³/mol. The summed E-state index contributed by atoms with van der Waals surface area (Å²) in [6, 6.07) is 7.60. The number of anilines is 1. The van der Waals surface area contributed by atoms with Gasteiger partial charge in [-0.25, -0.2) is 9.78 Å². The molecule has 1 aliphatic rings. The first-order chi connectivity index (χ1) is 11.1. The van der Waals surface area contributed by atoms with Gasteiger partial charge in [0.25, 0.3) is 5.91 Å². The summed E-state index contributed by atoms with van der Waals surface area (Å²) in [5.74, 6) is 0.0234. The molecular formula is C16H17N3O3S. The van der Waals surface area contributed by atoms with Crippen LogP contribution >= 0.6 is 11.3 Å². The van der Waals surface area contributed by atoms with E-state index in [4.69, 9.17) is 0 Å². The van der Waals surface area contributed by atoms with E-state index < -0.39 is 6.09 Å². The first-order valence-electron chi connectivity index (χ1n) is 7.26. The third-order valence-corrected chi connectivity index (χ3v) is 4.68. The van der Waals surface area contributed by atoms with Crippen LogP contribution < -0.4 is 5.32 Å². The van der Waals surface area contributed by atoms with Crippen LogP contribution in [0.2, 0.25) is 0 Å². The second-order valence-electron chi connectivity index (χ2n) is 5.35. The summed E-state index contributed by atoms with van der Waals surface area (Å²) in [6.07, 6.45) is 0.149. The molecule has 0 fully saturated rings. The third-order valence-electron chi connectivity index (χ3n) is 3.68. The maximum absolute atomic E-state index is 12.6. The average Bonchev–Trinajstić information content (AvgIpc) is 2.95. The zero-order valence-electron chi connectivity index (χ0n) is 13.0. The third kappa shape index (κ3) is 3.34. The highest BCUT2D eigenvalue weighted by Crippen LogP contribution is 2.29. The second kappa shape index (κ2) is 6.37. The van der Waals surface area contributed by atoms with Gasteiger partial charge in [0, 0.05) is 23.4 Å². The summed E-state index contributed by atoms with van der Waals surface area (Å²) in [5.41, 5.74) is 2.71. The second-order valence-corrected chi connectivity index (χ2v) is 6.44. The number of hydrogen-bond acceptors (Lipinski definition) is 5. The Labute approximate surface area is 138 Å². The molecule has 2 amide bonds. The van der Waals surface area contributed by atoms with Gasteiger partial charge in [0.1, 0.15) is 0 Å². The van der Waals surface area contributed by atoms with Gasteiger partial charge in [0.15, 0.2) is 5.13 Å². The molecule has 0 saturated carbocycles. The largest absolute Gasteiger partial charge is 0.453 e. The standard InChI is InChI=1S/C16H17N3O3S/c1-10-4-3-5-11(8-10)14(20)19-7-6-12-13(9-19)23-15(17-12)18-16(21)22-2/h3-5,8H,6-7,9H2,1-2H3,(H,17,18,21). The van der Waals surface area contributed by atoms with Crippen LogP contribution in [-0.4, -0.2) is 35.5 Å². The van der Waals surface area contributed by atoms with Crippen LogP contribution in [0.25, 0.3) is 0 Å². The summed E-state index contributed by atoms with van der Waals surface area (Å²) < 4.78 is 4.57. The maximum Gasteiger partial charge on any atom is 0.413 e. The van der Waals surface area contributed by atoms with E-state index in [1.807, 2.05) is 36.1 Å². The number of carbonyl (C=O) groups excluding carboxylic acids is 2. The van der Waals surface area contributed by atoms with Crippen molar-refractivity contribution in [3.05, 3.63) is 46.0 Å². The minimum absolute atomic E-state index is 0.0234. The number of hydrogen-bond donors (Lipinski definition) is 1. The number of aromatic nitrogens is 1. The Kier molecular flexibility index (Phi) is 4.29. The van der Waals surface area contributed by atoms with Crippen LogP contribution in [0.15, 0.2) is 24.3 Å². The molecule has 2 heterocycles. The molecule has 0 unspecified atom stereocenters. The van der Waals surface area contributed by atoms with Crippen molar-refractivity contribution in [2.45, 2.75) is 19.9 Å². The molecule has 0 spiro atoms. The zero-order valence-corrected chi connectivity index (χ0v) is 13.8. The predicted octanol–water partition coefficient (Wildman–Crippen LogP) is 2.83. The van der Waals surface area contributed by atoms with Crippen molar-refractivity contribution in [1.82, 2.24) is 9.88 Å². The molecule has 7 heteroatoms. The fourth-order valence-electron chi connectivity index (χ4n) is 2.52. The van der Waals surface area contributed by atoms with Crippen molar-refractivity contribution < 1.29 is 14.3 Å². The van der Waals surface area contributed by atoms with Crippen LogP contribution in [0.5, 0.6) is 0 Å². The van der Waals surface area contributed by atoms with Crippen molar-refractivity contribution in [3.8, 4) is 0 Å². The molecule has 3 rings (SSSR count). The summed E-state index contributed by atoms with van der Waals surface area (Å²) in [4.78, 5) is 31.1. The Bertz CT molecular complexity index is 757. The number of ether oxygens (including phenoxy) is 1. The van der Waals surface area contributed by atoms with Crippen molar-refractivity contribution in [1.29, 1.82) is 0 Å². The Hall–Kier alpha value is -2.41. The van der Waals surface area contributed by atoms with Gasteiger partial charge >= 0.3 is 6.09 Å². The smallest absolute Gasteiger partial charge is 0.413 e. The Morgan fingerprint density at radius 1 is 1.39 bits per heavy atom. The molecule has 1 aromatic heterocycles. The number of aryl methyl sites for hydroxylation is 1. The highest BCUT2D eigenvalue weighted by Gasteiger charge is 2.25. The average molecular weight is 331 g/mol. The lowest BCUT2D eigenvalue weighted by Gasteiger charge is -2.26. The van der Waals surface area contributed by atoms with Crippen molar-refractivity contribution in [3.63, 3.8) is 0 Å². The lowest BCUT2D eigenvalue weighted by atomic mass is 10.1. The van der Waals surface area contributed by atoms with Crippen LogP contribution in [-0.2, 0) is 17.7 Å². The molecule has 0 bridgehead atoms. The van der Waals surface area contributed by atoms with Gasteiger partial charge in [0.2, 0.25) is 0 Å². The zero-order chi connectivity index (χ0) is 16.4. The number of methoxy groups -OCH3 is 1. The van der Waals surface area contributed by atoms with Gasteiger partial charge in [-0.3, -0.25) is 10.1 Å². The van der Waals surface area contributed by atoms with Crippen molar-refractivity contribution >= 4 is 28.5 Å². The summed E-state index contributed by atoms with van der Waals surface area (Å²) in [5, 5.41) is 3.08. The van der Waals surface area contributed by atoms with E-state index in [1.165, 1.54) is 18.4 Å². The van der Waals surface area contributed by atoms with Crippen molar-refractivity contribution in [2.24, 2.45) is 0 Å². The van der Waals surface area contributed by atoms with Crippen LogP contribution in [0.3, 0.4) is 0 Å². The molecule has 0 atom stereocenters. The Morgan fingerprint density at radius 3 is 2.96 bits per heavy atom. The topological polar surface area (TPSA) is 71.5 Å². The van der Waals surface area contributed by atoms with E-state index in [0.717, 1.165) is 16.1 Å². The van der Waals surface area contributed by atoms with Gasteiger partial charge in [-0.1, -0.05) is 29.0 Å². The molecule has 1 aromatic carbocycles. The molecule has 1 N–H and O–H groups in total. The van der Waals surface area contributed by atoms with Gasteiger partial charge in [0.05, 0.1) is 19.3 Å². The lowest BCUT2D eigenvalue weighted by Crippen LogP contribution is -2.35. The fraction of sp³-hybridized carbons (Fsp3) is 0.312. The van der Waals surface area contributed by atoms with E-state index in [1.54, 1.807) is 0 Å². The maximum atomic E-state index is 12.6. The van der Waals surface area contributed by atoms with E-state index in [0.29, 0.717) is 30.2 Å². The normalized spacial score (nSPS) is 13.4. The highest BCUT2D eigenvalue weighted by molar-refractivity contribution is 7.15. The van der Waals surface area contributed by atoms with Crippen LogP contribution in [0, 0.1) is 6.92 Å². The van der Waals surface area contributed by atoms with Crippen molar-refractivity contribution in [2.75, 3.05) is 19.0 Å². The van der Waals surface area contributed by atoms with E-state index in [-0.39, 0.29) is 5.91 Å². The van der Waals surface area contributed by atoms with Gasteiger partial charge in [-0.05, 0) is 19.1 Å². The molecule has 6 nitrogen and oxygen atoms in total. The number of nitrogens with zero attached hydrogens (tertiary/aromatic N) is 2. The minimum atomic E-state index is -0.538. The number of carbonyl (C=O) groups is 2. The number of thiazole rings is 1. The molecule has 2 aromatic rings. The molecule has 0 aliphatic carbocycles. The van der Waals surface area contributed by atoms with Gasteiger partial charge in [-0.15, -0.1) is 0 Å². The van der Waals surface area contributed by atoms with E-state index >= 15 is 0 Å². The SMILES string of the molecule is COC(=O)Nc1nc2c(s1)CN(C(=O)c1cccc(C)c1)CC2. The van der Waals surface area contributed by atoms with Gasteiger partial charge < -0.3 is 9.64 Å². The number of nitrogens with one attached hydrogen (secondary N) is 1. The number of benzene rings is 1. The number of amides is 2. The molecule has 0 radical (unpaired) electrons. The minimum Gasteiger partial charge on any atom is -0.453 e. The monoisotopic (exact) mass is 331 g/mol. The summed E-state index contributed by atoms with van der Waals surface area (Å²) in [6.45, 7) is 3.11. The summed E-state index contributed by atoms with van der Waals surface area (Å²) in [7, 11) is 1.31. The highest BCUT2D eigenvalue weighted by atomic mass is 32.1. The summed E-state index contributed by atoms with van der Waals surface area (Å²) >= 11 is 1.38. The molecule has 23 heavy (non-hydrogen) atoms. The van der Waals surface area contributed by atoms with Crippen LogP contribution in [0.1, 0.15) is 26.5 Å². The Morgan fingerprint density at radius 2 is 2.22 bits per heavy atom. The number of fused-ring (bicyclic) bond motifs is 1.